The van der Waals surface area contributed by atoms with Crippen LogP contribution in [0.2, 0.25) is 0 Å². The molecule has 7 heteroatoms. The number of nitrogens with one attached hydrogen (secondary N) is 1. The number of nitriles is 1. The number of anilines is 1. The van der Waals surface area contributed by atoms with Gasteiger partial charge in [0.15, 0.2) is 18.2 Å². The van der Waals surface area contributed by atoms with Gasteiger partial charge in [-0.1, -0.05) is 29.3 Å². The largest absolute Gasteiger partial charge is 0.484 e. The minimum atomic E-state index is -0.395. The summed E-state index contributed by atoms with van der Waals surface area (Å²) in [4.78, 5) is 17.3. The fourth-order valence-electron chi connectivity index (χ4n) is 3.61. The molecule has 0 saturated heterocycles. The molecule has 2 heterocycles. The van der Waals surface area contributed by atoms with Gasteiger partial charge in [-0.2, -0.15) is 15.0 Å². The summed E-state index contributed by atoms with van der Waals surface area (Å²) in [6.07, 6.45) is 1.42. The maximum Gasteiger partial charge on any atom is 0.263 e. The first kappa shape index (κ1) is 21.1. The molecule has 0 aliphatic carbocycles. The zero-order valence-electron chi connectivity index (χ0n) is 18.4. The summed E-state index contributed by atoms with van der Waals surface area (Å²) in [6, 6.07) is 15.6. The number of aryl methyl sites for hydroxylation is 4. The van der Waals surface area contributed by atoms with Gasteiger partial charge in [0.2, 0.25) is 0 Å². The Hall–Kier alpha value is -4.18. The maximum absolute atomic E-state index is 12.6. The van der Waals surface area contributed by atoms with Gasteiger partial charge in [0.1, 0.15) is 17.4 Å². The minimum Gasteiger partial charge on any atom is -0.484 e. The molecule has 7 nitrogen and oxygen atoms in total. The maximum atomic E-state index is 12.6. The molecule has 0 spiro atoms. The Labute approximate surface area is 186 Å². The molecule has 2 aromatic heterocycles. The Bertz CT molecular complexity index is 1360. The summed E-state index contributed by atoms with van der Waals surface area (Å²) in [7, 11) is 0. The smallest absolute Gasteiger partial charge is 0.263 e. The second kappa shape index (κ2) is 8.52. The molecular weight excluding hydrogens is 402 g/mol. The number of pyridine rings is 1. The molecule has 0 unspecified atom stereocenters. The second-order valence-electron chi connectivity index (χ2n) is 7.86. The second-order valence-corrected chi connectivity index (χ2v) is 7.86. The molecule has 0 fully saturated rings. The van der Waals surface area contributed by atoms with Crippen LogP contribution in [-0.4, -0.2) is 27.3 Å². The lowest BCUT2D eigenvalue weighted by Gasteiger charge is -2.13. The molecule has 0 saturated carbocycles. The number of aromatic nitrogens is 3. The number of fused-ring (bicyclic) bond motifs is 1. The summed E-state index contributed by atoms with van der Waals surface area (Å²) in [5.74, 6) is 0.990. The van der Waals surface area contributed by atoms with Crippen molar-refractivity contribution >= 4 is 22.6 Å². The summed E-state index contributed by atoms with van der Waals surface area (Å²) in [5.41, 5.74) is 5.46. The van der Waals surface area contributed by atoms with Crippen molar-refractivity contribution in [1.82, 2.24) is 14.8 Å². The number of benzene rings is 2. The summed E-state index contributed by atoms with van der Waals surface area (Å²) >= 11 is 0. The normalized spacial score (nSPS) is 10.7. The van der Waals surface area contributed by atoms with Crippen molar-refractivity contribution < 1.29 is 9.53 Å². The number of nitrogens with zero attached hydrogens (tertiary/aromatic N) is 4. The third-order valence-electron chi connectivity index (χ3n) is 5.20. The molecule has 160 valence electrons. The zero-order valence-corrected chi connectivity index (χ0v) is 18.4. The molecule has 2 aromatic carbocycles. The number of amides is 1. The van der Waals surface area contributed by atoms with Crippen molar-refractivity contribution in [2.45, 2.75) is 27.7 Å². The lowest BCUT2D eigenvalue weighted by Crippen LogP contribution is -2.22. The first-order chi connectivity index (χ1) is 15.4. The van der Waals surface area contributed by atoms with Crippen LogP contribution in [0.15, 0.2) is 48.7 Å². The van der Waals surface area contributed by atoms with Gasteiger partial charge in [0, 0.05) is 5.39 Å². The monoisotopic (exact) mass is 425 g/mol. The molecule has 0 radical (unpaired) electrons. The topological polar surface area (TPSA) is 92.8 Å². The van der Waals surface area contributed by atoms with Crippen LogP contribution in [0.3, 0.4) is 0 Å². The quantitative estimate of drug-likeness (QED) is 0.507. The first-order valence-electron chi connectivity index (χ1n) is 10.2. The number of hydrogen-bond donors (Lipinski definition) is 1. The van der Waals surface area contributed by atoms with Gasteiger partial charge >= 0.3 is 0 Å². The third kappa shape index (κ3) is 4.16. The van der Waals surface area contributed by atoms with Crippen LogP contribution >= 0.6 is 0 Å². The van der Waals surface area contributed by atoms with E-state index in [9.17, 15) is 10.1 Å². The fourth-order valence-corrected chi connectivity index (χ4v) is 3.61. The van der Waals surface area contributed by atoms with Crippen LogP contribution in [0.5, 0.6) is 5.75 Å². The van der Waals surface area contributed by atoms with Gasteiger partial charge in [-0.25, -0.2) is 4.98 Å². The number of carbonyl (C=O) groups excluding carboxylic acids is 1. The third-order valence-corrected chi connectivity index (χ3v) is 5.20. The van der Waals surface area contributed by atoms with Crippen LogP contribution in [-0.2, 0) is 4.79 Å². The Morgan fingerprint density at radius 1 is 1.06 bits per heavy atom. The average molecular weight is 425 g/mol. The number of hydrogen-bond acceptors (Lipinski definition) is 5. The van der Waals surface area contributed by atoms with E-state index in [0.29, 0.717) is 11.6 Å². The fraction of sp³-hybridized carbons (Fsp3) is 0.200. The predicted octanol–water partition coefficient (Wildman–Crippen LogP) is 4.54. The van der Waals surface area contributed by atoms with Crippen LogP contribution < -0.4 is 10.1 Å². The Balaban J connectivity index is 1.64. The average Bonchev–Trinajstić information content (AvgIpc) is 3.16. The van der Waals surface area contributed by atoms with E-state index in [0.717, 1.165) is 27.6 Å². The standard InChI is InChI=1S/C25H23N5O2/c1-15-5-7-20(8-6-15)32-14-23(31)29-25-19(12-26)13-27-30(25)22-11-17(3)21-10-16(2)9-18(4)24(21)28-22/h5-11,13H,14H2,1-4H3,(H,29,31). The van der Waals surface area contributed by atoms with E-state index in [1.807, 2.05) is 39.0 Å². The molecule has 0 aliphatic rings. The van der Waals surface area contributed by atoms with Crippen molar-refractivity contribution in [3.05, 3.63) is 76.5 Å². The van der Waals surface area contributed by atoms with Gasteiger partial charge < -0.3 is 10.1 Å². The van der Waals surface area contributed by atoms with Crippen molar-refractivity contribution in [2.75, 3.05) is 11.9 Å². The lowest BCUT2D eigenvalue weighted by molar-refractivity contribution is -0.118. The molecule has 4 aromatic rings. The van der Waals surface area contributed by atoms with Gasteiger partial charge in [-0.15, -0.1) is 0 Å². The van der Waals surface area contributed by atoms with Crippen LogP contribution in [0, 0.1) is 39.0 Å². The highest BCUT2D eigenvalue weighted by Gasteiger charge is 2.18. The van der Waals surface area contributed by atoms with Gasteiger partial charge in [-0.05, 0) is 63.1 Å². The number of rotatable bonds is 5. The zero-order chi connectivity index (χ0) is 22.8. The molecule has 0 atom stereocenters. The van der Waals surface area contributed by atoms with Crippen LogP contribution in [0.25, 0.3) is 16.7 Å². The van der Waals surface area contributed by atoms with E-state index in [1.165, 1.54) is 16.4 Å². The van der Waals surface area contributed by atoms with Crippen molar-refractivity contribution in [3.8, 4) is 17.6 Å². The van der Waals surface area contributed by atoms with E-state index < -0.39 is 5.91 Å². The Kier molecular flexibility index (Phi) is 5.61. The van der Waals surface area contributed by atoms with E-state index in [2.05, 4.69) is 35.5 Å². The highest BCUT2D eigenvalue weighted by Crippen LogP contribution is 2.26. The Morgan fingerprint density at radius 3 is 2.53 bits per heavy atom. The molecule has 1 N–H and O–H groups in total. The van der Waals surface area contributed by atoms with E-state index in [-0.39, 0.29) is 18.0 Å². The summed E-state index contributed by atoms with van der Waals surface area (Å²) in [5, 5.41) is 17.7. The molecule has 4 rings (SSSR count). The van der Waals surface area contributed by atoms with Crippen LogP contribution in [0.1, 0.15) is 27.8 Å². The summed E-state index contributed by atoms with van der Waals surface area (Å²) in [6.45, 7) is 7.86. The SMILES string of the molecule is Cc1ccc(OCC(=O)Nc2c(C#N)cnn2-c2cc(C)c3cc(C)cc(C)c3n2)cc1. The number of carbonyl (C=O) groups is 1. The van der Waals surface area contributed by atoms with Gasteiger partial charge in [0.05, 0.1) is 11.7 Å². The lowest BCUT2D eigenvalue weighted by atomic mass is 10.0. The highest BCUT2D eigenvalue weighted by atomic mass is 16.5. The molecule has 32 heavy (non-hydrogen) atoms. The van der Waals surface area contributed by atoms with Crippen molar-refractivity contribution in [3.63, 3.8) is 0 Å². The van der Waals surface area contributed by atoms with Gasteiger partial charge in [-0.3, -0.25) is 4.79 Å². The van der Waals surface area contributed by atoms with E-state index >= 15 is 0 Å². The first-order valence-corrected chi connectivity index (χ1v) is 10.2. The molecule has 0 aliphatic heterocycles. The molecule has 0 bridgehead atoms. The van der Waals surface area contributed by atoms with E-state index in [1.54, 1.807) is 12.1 Å². The highest BCUT2D eigenvalue weighted by molar-refractivity contribution is 5.93. The Morgan fingerprint density at radius 2 is 1.81 bits per heavy atom. The molecule has 1 amide bonds. The van der Waals surface area contributed by atoms with Crippen molar-refractivity contribution in [1.29, 1.82) is 5.26 Å². The van der Waals surface area contributed by atoms with E-state index in [4.69, 9.17) is 9.72 Å². The van der Waals surface area contributed by atoms with Crippen molar-refractivity contribution in [2.24, 2.45) is 0 Å². The van der Waals surface area contributed by atoms with Crippen LogP contribution in [0.4, 0.5) is 5.82 Å². The predicted molar refractivity (Wildman–Crippen MR) is 123 cm³/mol. The number of ether oxygens (including phenoxy) is 1. The molecular formula is C25H23N5O2. The van der Waals surface area contributed by atoms with Gasteiger partial charge in [0.25, 0.3) is 5.91 Å². The summed E-state index contributed by atoms with van der Waals surface area (Å²) < 4.78 is 7.03. The minimum absolute atomic E-state index is 0.193.